The number of amides is 1. The van der Waals surface area contributed by atoms with Gasteiger partial charge in [0.15, 0.2) is 0 Å². The van der Waals surface area contributed by atoms with Crippen LogP contribution in [0.25, 0.3) is 0 Å². The molecule has 23 heavy (non-hydrogen) atoms. The molecule has 4 nitrogen and oxygen atoms in total. The van der Waals surface area contributed by atoms with Gasteiger partial charge in [0.1, 0.15) is 5.75 Å². The summed E-state index contributed by atoms with van der Waals surface area (Å²) in [5, 5.41) is 6.93. The van der Waals surface area contributed by atoms with Crippen LogP contribution in [0.1, 0.15) is 22.6 Å². The summed E-state index contributed by atoms with van der Waals surface area (Å²) < 4.78 is 5.13. The van der Waals surface area contributed by atoms with Crippen molar-refractivity contribution in [2.75, 3.05) is 13.7 Å². The maximum atomic E-state index is 12.6. The molecule has 1 atom stereocenters. The lowest BCUT2D eigenvalue weighted by Gasteiger charge is -2.26. The molecule has 0 bridgehead atoms. The van der Waals surface area contributed by atoms with E-state index in [0.717, 1.165) is 29.0 Å². The van der Waals surface area contributed by atoms with Gasteiger partial charge in [-0.3, -0.25) is 4.79 Å². The molecule has 0 spiro atoms. The second-order valence-corrected chi connectivity index (χ2v) is 5.97. The van der Waals surface area contributed by atoms with Crippen LogP contribution >= 0.6 is 11.6 Å². The molecule has 0 aliphatic carbocycles. The van der Waals surface area contributed by atoms with Gasteiger partial charge in [0.25, 0.3) is 0 Å². The quantitative estimate of drug-likeness (QED) is 0.906. The number of halogens is 1. The minimum absolute atomic E-state index is 0.0117. The van der Waals surface area contributed by atoms with E-state index >= 15 is 0 Å². The van der Waals surface area contributed by atoms with Crippen LogP contribution < -0.4 is 15.4 Å². The number of fused-ring (bicyclic) bond motifs is 1. The fourth-order valence-corrected chi connectivity index (χ4v) is 3.18. The van der Waals surface area contributed by atoms with E-state index in [0.29, 0.717) is 18.1 Å². The third kappa shape index (κ3) is 3.49. The minimum Gasteiger partial charge on any atom is -0.497 e. The van der Waals surface area contributed by atoms with Crippen LogP contribution in [0.2, 0.25) is 5.02 Å². The number of hydrogen-bond acceptors (Lipinski definition) is 3. The van der Waals surface area contributed by atoms with E-state index in [1.54, 1.807) is 7.11 Å². The van der Waals surface area contributed by atoms with Gasteiger partial charge in [-0.25, -0.2) is 0 Å². The van der Waals surface area contributed by atoms with Crippen molar-refractivity contribution >= 4 is 17.5 Å². The van der Waals surface area contributed by atoms with E-state index in [9.17, 15) is 4.79 Å². The predicted octanol–water partition coefficient (Wildman–Crippen LogP) is 2.85. The monoisotopic (exact) mass is 330 g/mol. The normalized spacial score (nSPS) is 16.5. The van der Waals surface area contributed by atoms with Gasteiger partial charge in [-0.2, -0.15) is 0 Å². The minimum atomic E-state index is -0.259. The molecule has 2 aromatic carbocycles. The summed E-state index contributed by atoms with van der Waals surface area (Å²) in [6.07, 6.45) is 0. The summed E-state index contributed by atoms with van der Waals surface area (Å²) in [7, 11) is 1.63. The molecule has 0 saturated heterocycles. The number of hydrogen-bond donors (Lipinski definition) is 2. The van der Waals surface area contributed by atoms with Gasteiger partial charge < -0.3 is 15.4 Å². The molecule has 3 rings (SSSR count). The summed E-state index contributed by atoms with van der Waals surface area (Å²) >= 11 is 6.31. The Hall–Kier alpha value is -2.04. The van der Waals surface area contributed by atoms with Gasteiger partial charge in [-0.15, -0.1) is 0 Å². The number of rotatable bonds is 4. The molecule has 5 heteroatoms. The van der Waals surface area contributed by atoms with E-state index in [1.807, 2.05) is 42.5 Å². The Morgan fingerprint density at radius 2 is 2.09 bits per heavy atom. The van der Waals surface area contributed by atoms with Gasteiger partial charge in [0.05, 0.1) is 13.0 Å². The van der Waals surface area contributed by atoms with Crippen LogP contribution in [0.3, 0.4) is 0 Å². The lowest BCUT2D eigenvalue weighted by molar-refractivity contribution is -0.122. The van der Waals surface area contributed by atoms with Crippen LogP contribution in [0.4, 0.5) is 0 Å². The zero-order chi connectivity index (χ0) is 16.2. The van der Waals surface area contributed by atoms with Crippen molar-refractivity contribution < 1.29 is 9.53 Å². The van der Waals surface area contributed by atoms with Crippen molar-refractivity contribution in [2.24, 2.45) is 0 Å². The highest BCUT2D eigenvalue weighted by Gasteiger charge is 2.28. The van der Waals surface area contributed by atoms with E-state index < -0.39 is 0 Å². The second kappa shape index (κ2) is 7.02. The highest BCUT2D eigenvalue weighted by Crippen LogP contribution is 2.31. The summed E-state index contributed by atoms with van der Waals surface area (Å²) in [6, 6.07) is 13.4. The molecule has 2 aromatic rings. The highest BCUT2D eigenvalue weighted by atomic mass is 35.5. The summed E-state index contributed by atoms with van der Waals surface area (Å²) in [5.41, 5.74) is 3.07. The summed E-state index contributed by atoms with van der Waals surface area (Å²) in [6.45, 7) is 1.84. The van der Waals surface area contributed by atoms with E-state index in [1.165, 1.54) is 0 Å². The Labute approximate surface area is 140 Å². The first kappa shape index (κ1) is 15.8. The third-order valence-electron chi connectivity index (χ3n) is 4.10. The Balaban J connectivity index is 1.69. The van der Waals surface area contributed by atoms with Gasteiger partial charge in [0, 0.05) is 24.7 Å². The summed E-state index contributed by atoms with van der Waals surface area (Å²) in [5.74, 6) is 0.533. The van der Waals surface area contributed by atoms with E-state index in [-0.39, 0.29) is 11.8 Å². The largest absolute Gasteiger partial charge is 0.497 e. The van der Waals surface area contributed by atoms with Gasteiger partial charge in [-0.1, -0.05) is 35.9 Å². The molecule has 1 heterocycles. The molecule has 1 aliphatic heterocycles. The van der Waals surface area contributed by atoms with Crippen LogP contribution in [-0.4, -0.2) is 19.6 Å². The molecule has 1 aliphatic rings. The Morgan fingerprint density at radius 3 is 2.83 bits per heavy atom. The topological polar surface area (TPSA) is 50.4 Å². The number of ether oxygens (including phenoxy) is 1. The van der Waals surface area contributed by atoms with Crippen molar-refractivity contribution in [1.29, 1.82) is 0 Å². The number of carbonyl (C=O) groups excluding carboxylic acids is 1. The number of methoxy groups -OCH3 is 1. The first-order valence-electron chi connectivity index (χ1n) is 7.57. The Kier molecular flexibility index (Phi) is 4.84. The number of nitrogens with one attached hydrogen (secondary N) is 2. The van der Waals surface area contributed by atoms with Crippen molar-refractivity contribution in [3.05, 3.63) is 64.2 Å². The van der Waals surface area contributed by atoms with Crippen LogP contribution in [0, 0.1) is 0 Å². The molecule has 2 N–H and O–H groups in total. The Bertz CT molecular complexity index is 701. The fraction of sp³-hybridized carbons (Fsp3) is 0.278. The molecule has 0 saturated carbocycles. The maximum Gasteiger partial charge on any atom is 0.229 e. The molecule has 0 radical (unpaired) electrons. The van der Waals surface area contributed by atoms with Crippen molar-refractivity contribution in [2.45, 2.75) is 19.0 Å². The van der Waals surface area contributed by atoms with Crippen LogP contribution in [0.5, 0.6) is 5.75 Å². The highest BCUT2D eigenvalue weighted by molar-refractivity contribution is 6.31. The number of carbonyl (C=O) groups is 1. The first-order valence-corrected chi connectivity index (χ1v) is 7.95. The van der Waals surface area contributed by atoms with Crippen molar-refractivity contribution in [1.82, 2.24) is 10.6 Å². The van der Waals surface area contributed by atoms with Gasteiger partial charge in [-0.05, 0) is 34.9 Å². The molecule has 1 unspecified atom stereocenters. The summed E-state index contributed by atoms with van der Waals surface area (Å²) in [4.78, 5) is 12.6. The maximum absolute atomic E-state index is 12.6. The van der Waals surface area contributed by atoms with Gasteiger partial charge in [0.2, 0.25) is 5.91 Å². The zero-order valence-electron chi connectivity index (χ0n) is 12.9. The zero-order valence-corrected chi connectivity index (χ0v) is 13.7. The molecule has 0 aromatic heterocycles. The predicted molar refractivity (Wildman–Crippen MR) is 90.7 cm³/mol. The lowest BCUT2D eigenvalue weighted by Crippen LogP contribution is -2.38. The molecule has 0 fully saturated rings. The molecular weight excluding hydrogens is 312 g/mol. The number of benzene rings is 2. The standard InChI is InChI=1S/C18H19ClN2O2/c1-23-14-7-5-12(6-8-14)9-21-18(22)15-11-20-10-13-3-2-4-16(19)17(13)15/h2-8,15,20H,9-11H2,1H3,(H,21,22). The smallest absolute Gasteiger partial charge is 0.229 e. The van der Waals surface area contributed by atoms with Crippen molar-refractivity contribution in [3.63, 3.8) is 0 Å². The Morgan fingerprint density at radius 1 is 1.30 bits per heavy atom. The molecule has 1 amide bonds. The molecule has 120 valence electrons. The average Bonchev–Trinajstić information content (AvgIpc) is 2.60. The average molecular weight is 331 g/mol. The third-order valence-corrected chi connectivity index (χ3v) is 4.43. The second-order valence-electron chi connectivity index (χ2n) is 5.56. The first-order chi connectivity index (χ1) is 11.2. The molecular formula is C18H19ClN2O2. The lowest BCUT2D eigenvalue weighted by atomic mass is 9.90. The van der Waals surface area contributed by atoms with E-state index in [4.69, 9.17) is 16.3 Å². The fourth-order valence-electron chi connectivity index (χ4n) is 2.86. The van der Waals surface area contributed by atoms with E-state index in [2.05, 4.69) is 10.6 Å². The SMILES string of the molecule is COc1ccc(CNC(=O)C2CNCc3cccc(Cl)c32)cc1. The van der Waals surface area contributed by atoms with Gasteiger partial charge >= 0.3 is 0 Å². The van der Waals surface area contributed by atoms with Crippen molar-refractivity contribution in [3.8, 4) is 5.75 Å². The van der Waals surface area contributed by atoms with Crippen LogP contribution in [0.15, 0.2) is 42.5 Å². The van der Waals surface area contributed by atoms with Crippen LogP contribution in [-0.2, 0) is 17.9 Å².